The summed E-state index contributed by atoms with van der Waals surface area (Å²) in [7, 11) is 1.85. The molecule has 2 heterocycles. The molecule has 2 rings (SSSR count). The molecule has 0 amide bonds. The zero-order valence-electron chi connectivity index (χ0n) is 8.73. The van der Waals surface area contributed by atoms with Crippen LogP contribution in [0.15, 0.2) is 23.7 Å². The molecule has 2 aromatic rings. The number of aryl methyl sites for hydroxylation is 1. The molecule has 0 saturated heterocycles. The monoisotopic (exact) mass is 220 g/mol. The van der Waals surface area contributed by atoms with Crippen LogP contribution in [0.25, 0.3) is 10.6 Å². The van der Waals surface area contributed by atoms with Gasteiger partial charge in [0.05, 0.1) is 10.6 Å². The van der Waals surface area contributed by atoms with E-state index in [0.717, 1.165) is 10.6 Å². The van der Waals surface area contributed by atoms with Gasteiger partial charge >= 0.3 is 0 Å². The average molecular weight is 220 g/mol. The Morgan fingerprint density at radius 2 is 2.40 bits per heavy atom. The molecule has 0 fully saturated rings. The quantitative estimate of drug-likeness (QED) is 0.745. The number of nitrogens with zero attached hydrogens (tertiary/aromatic N) is 2. The summed E-state index contributed by atoms with van der Waals surface area (Å²) in [5.41, 5.74) is 0.879. The Morgan fingerprint density at radius 1 is 1.60 bits per heavy atom. The first-order chi connectivity index (χ1) is 7.22. The van der Waals surface area contributed by atoms with E-state index in [9.17, 15) is 4.79 Å². The summed E-state index contributed by atoms with van der Waals surface area (Å²) < 4.78 is 1.79. The molecule has 15 heavy (non-hydrogen) atoms. The third-order valence-electron chi connectivity index (χ3n) is 2.22. The Kier molecular flexibility index (Phi) is 2.68. The number of thiophene rings is 1. The number of Topliss-reactive ketones (excluding diaryl/α,β-unsaturated/α-hetero) is 1. The molecule has 0 unspecified atom stereocenters. The van der Waals surface area contributed by atoms with E-state index in [0.29, 0.717) is 12.2 Å². The van der Waals surface area contributed by atoms with Crippen LogP contribution in [0.5, 0.6) is 0 Å². The summed E-state index contributed by atoms with van der Waals surface area (Å²) in [6, 6.07) is 3.99. The van der Waals surface area contributed by atoms with Gasteiger partial charge in [-0.25, -0.2) is 4.98 Å². The Hall–Kier alpha value is -1.42. The van der Waals surface area contributed by atoms with Gasteiger partial charge in [-0.05, 0) is 11.4 Å². The van der Waals surface area contributed by atoms with Crippen LogP contribution >= 0.6 is 11.3 Å². The van der Waals surface area contributed by atoms with E-state index >= 15 is 0 Å². The van der Waals surface area contributed by atoms with E-state index < -0.39 is 0 Å². The van der Waals surface area contributed by atoms with Gasteiger partial charge in [-0.15, -0.1) is 11.3 Å². The van der Waals surface area contributed by atoms with Crippen LogP contribution in [0.1, 0.15) is 24.0 Å². The summed E-state index contributed by atoms with van der Waals surface area (Å²) >= 11 is 1.63. The smallest absolute Gasteiger partial charge is 0.197 e. The first kappa shape index (κ1) is 10.1. The van der Waals surface area contributed by atoms with Crippen LogP contribution in [0.3, 0.4) is 0 Å². The number of aromatic nitrogens is 2. The minimum Gasteiger partial charge on any atom is -0.331 e. The van der Waals surface area contributed by atoms with Crippen molar-refractivity contribution in [1.82, 2.24) is 9.55 Å². The standard InChI is InChI=1S/C11H12N2OS/c1-3-9(14)11-12-8(7-13(11)2)10-5-4-6-15-10/h4-7H,3H2,1-2H3. The highest BCUT2D eigenvalue weighted by molar-refractivity contribution is 7.13. The lowest BCUT2D eigenvalue weighted by molar-refractivity contribution is 0.0975. The van der Waals surface area contributed by atoms with E-state index in [2.05, 4.69) is 4.98 Å². The lowest BCUT2D eigenvalue weighted by Gasteiger charge is -1.95. The van der Waals surface area contributed by atoms with Crippen molar-refractivity contribution in [2.45, 2.75) is 13.3 Å². The molecule has 0 aliphatic carbocycles. The fourth-order valence-electron chi connectivity index (χ4n) is 1.43. The third kappa shape index (κ3) is 1.85. The molecule has 0 aromatic carbocycles. The molecule has 0 bridgehead atoms. The summed E-state index contributed by atoms with van der Waals surface area (Å²) in [5, 5.41) is 2.01. The second-order valence-corrected chi connectivity index (χ2v) is 4.26. The fraction of sp³-hybridized carbons (Fsp3) is 0.273. The molecule has 3 nitrogen and oxygen atoms in total. The minimum atomic E-state index is 0.0836. The van der Waals surface area contributed by atoms with Crippen molar-refractivity contribution in [3.63, 3.8) is 0 Å². The van der Waals surface area contributed by atoms with Crippen molar-refractivity contribution in [3.05, 3.63) is 29.5 Å². The highest BCUT2D eigenvalue weighted by Crippen LogP contribution is 2.23. The second-order valence-electron chi connectivity index (χ2n) is 3.31. The molecule has 0 aliphatic heterocycles. The van der Waals surface area contributed by atoms with E-state index in [-0.39, 0.29) is 5.78 Å². The second kappa shape index (κ2) is 3.98. The van der Waals surface area contributed by atoms with E-state index in [1.54, 1.807) is 15.9 Å². The molecular weight excluding hydrogens is 208 g/mol. The number of carbonyl (C=O) groups is 1. The predicted molar refractivity (Wildman–Crippen MR) is 61.1 cm³/mol. The summed E-state index contributed by atoms with van der Waals surface area (Å²) in [6.07, 6.45) is 2.39. The van der Waals surface area contributed by atoms with Crippen molar-refractivity contribution in [2.24, 2.45) is 7.05 Å². The largest absolute Gasteiger partial charge is 0.331 e. The Bertz CT molecular complexity index is 471. The van der Waals surface area contributed by atoms with Crippen molar-refractivity contribution in [2.75, 3.05) is 0 Å². The molecule has 0 aliphatic rings. The van der Waals surface area contributed by atoms with Gasteiger partial charge in [-0.1, -0.05) is 13.0 Å². The van der Waals surface area contributed by atoms with E-state index in [1.165, 1.54) is 0 Å². The summed E-state index contributed by atoms with van der Waals surface area (Å²) in [6.45, 7) is 1.85. The Balaban J connectivity index is 2.41. The van der Waals surface area contributed by atoms with Crippen LogP contribution in [0.4, 0.5) is 0 Å². The van der Waals surface area contributed by atoms with Crippen molar-refractivity contribution in [1.29, 1.82) is 0 Å². The summed E-state index contributed by atoms with van der Waals surface area (Å²) in [4.78, 5) is 17.0. The number of hydrogen-bond acceptors (Lipinski definition) is 3. The highest BCUT2D eigenvalue weighted by Gasteiger charge is 2.12. The first-order valence-corrected chi connectivity index (χ1v) is 5.70. The number of imidazole rings is 1. The number of rotatable bonds is 3. The summed E-state index contributed by atoms with van der Waals surface area (Å²) in [5.74, 6) is 0.626. The molecule has 4 heteroatoms. The van der Waals surface area contributed by atoms with Gasteiger partial charge in [0, 0.05) is 19.7 Å². The van der Waals surface area contributed by atoms with Gasteiger partial charge in [0.1, 0.15) is 0 Å². The lowest BCUT2D eigenvalue weighted by Crippen LogP contribution is -2.05. The maximum absolute atomic E-state index is 11.5. The predicted octanol–water partition coefficient (Wildman–Crippen LogP) is 2.74. The maximum atomic E-state index is 11.5. The molecule has 78 valence electrons. The molecular formula is C11H12N2OS. The van der Waals surface area contributed by atoms with Gasteiger partial charge in [-0.3, -0.25) is 4.79 Å². The normalized spacial score (nSPS) is 10.5. The van der Waals surface area contributed by atoms with Crippen molar-refractivity contribution < 1.29 is 4.79 Å². The maximum Gasteiger partial charge on any atom is 0.197 e. The zero-order chi connectivity index (χ0) is 10.8. The highest BCUT2D eigenvalue weighted by atomic mass is 32.1. The molecule has 0 spiro atoms. The third-order valence-corrected chi connectivity index (χ3v) is 3.11. The van der Waals surface area contributed by atoms with Crippen LogP contribution < -0.4 is 0 Å². The van der Waals surface area contributed by atoms with Crippen LogP contribution in [0, 0.1) is 0 Å². The van der Waals surface area contributed by atoms with Gasteiger partial charge in [0.2, 0.25) is 0 Å². The first-order valence-electron chi connectivity index (χ1n) is 4.82. The van der Waals surface area contributed by atoms with Gasteiger partial charge in [0.15, 0.2) is 11.6 Å². The number of hydrogen-bond donors (Lipinski definition) is 0. The minimum absolute atomic E-state index is 0.0836. The molecule has 0 radical (unpaired) electrons. The van der Waals surface area contributed by atoms with Gasteiger partial charge in [0.25, 0.3) is 0 Å². The molecule has 0 atom stereocenters. The number of ketones is 1. The zero-order valence-corrected chi connectivity index (χ0v) is 9.54. The van der Waals surface area contributed by atoms with Gasteiger partial charge < -0.3 is 4.57 Å². The van der Waals surface area contributed by atoms with Crippen molar-refractivity contribution in [3.8, 4) is 10.6 Å². The van der Waals surface area contributed by atoms with Crippen LogP contribution in [0.2, 0.25) is 0 Å². The SMILES string of the molecule is CCC(=O)c1nc(-c2cccs2)cn1C. The van der Waals surface area contributed by atoms with Crippen LogP contribution in [-0.2, 0) is 7.05 Å². The lowest BCUT2D eigenvalue weighted by atomic mass is 10.3. The van der Waals surface area contributed by atoms with Crippen LogP contribution in [-0.4, -0.2) is 15.3 Å². The molecule has 0 N–H and O–H groups in total. The topological polar surface area (TPSA) is 34.9 Å². The fourth-order valence-corrected chi connectivity index (χ4v) is 2.11. The van der Waals surface area contributed by atoms with Gasteiger partial charge in [-0.2, -0.15) is 0 Å². The average Bonchev–Trinajstić information content (AvgIpc) is 2.84. The van der Waals surface area contributed by atoms with Crippen molar-refractivity contribution >= 4 is 17.1 Å². The Labute approximate surface area is 92.4 Å². The molecule has 0 saturated carbocycles. The van der Waals surface area contributed by atoms with E-state index in [4.69, 9.17) is 0 Å². The molecule has 2 aromatic heterocycles. The Morgan fingerprint density at radius 3 is 3.00 bits per heavy atom. The van der Waals surface area contributed by atoms with E-state index in [1.807, 2.05) is 37.7 Å². The number of carbonyl (C=O) groups excluding carboxylic acids is 1.